The van der Waals surface area contributed by atoms with Crippen molar-refractivity contribution in [1.29, 1.82) is 0 Å². The average Bonchev–Trinajstić information content (AvgIpc) is 2.62. The second-order valence-electron chi connectivity index (χ2n) is 3.51. The van der Waals surface area contributed by atoms with Crippen LogP contribution < -0.4 is 5.32 Å². The number of carbonyl (C=O) groups is 1. The molecule has 0 aromatic carbocycles. The second kappa shape index (κ2) is 5.57. The van der Waals surface area contributed by atoms with E-state index in [0.29, 0.717) is 20.1 Å². The number of amides is 1. The molecule has 0 bridgehead atoms. The van der Waals surface area contributed by atoms with Crippen molar-refractivity contribution in [3.8, 4) is 0 Å². The number of hydrogen-bond acceptors (Lipinski definition) is 3. The maximum absolute atomic E-state index is 12.0. The van der Waals surface area contributed by atoms with Crippen LogP contribution in [0.5, 0.6) is 0 Å². The van der Waals surface area contributed by atoms with Gasteiger partial charge in [0.25, 0.3) is 5.91 Å². The van der Waals surface area contributed by atoms with Crippen molar-refractivity contribution >= 4 is 62.2 Å². The molecule has 3 nitrogen and oxygen atoms in total. The minimum Gasteiger partial charge on any atom is -0.306 e. The number of hydrogen-bond donors (Lipinski definition) is 1. The molecule has 2 aromatic heterocycles. The zero-order valence-corrected chi connectivity index (χ0v) is 13.0. The zero-order valence-electron chi connectivity index (χ0n) is 9.13. The number of aryl methyl sites for hydroxylation is 1. The first kappa shape index (κ1) is 13.8. The van der Waals surface area contributed by atoms with Gasteiger partial charge < -0.3 is 5.32 Å². The van der Waals surface area contributed by atoms with Crippen LogP contribution in [0, 0.1) is 6.92 Å². The maximum atomic E-state index is 12.0. The summed E-state index contributed by atoms with van der Waals surface area (Å²) in [5, 5.41) is 2.70. The molecule has 0 spiro atoms. The molecule has 2 aromatic rings. The van der Waals surface area contributed by atoms with E-state index < -0.39 is 0 Å². The summed E-state index contributed by atoms with van der Waals surface area (Å²) in [7, 11) is 0. The Labute approximate surface area is 126 Å². The van der Waals surface area contributed by atoms with Gasteiger partial charge in [0.2, 0.25) is 0 Å². The number of halogens is 3. The molecule has 1 amide bonds. The van der Waals surface area contributed by atoms with E-state index in [0.717, 1.165) is 21.4 Å². The van der Waals surface area contributed by atoms with Gasteiger partial charge in [-0.1, -0.05) is 23.2 Å². The molecule has 0 aliphatic heterocycles. The fraction of sp³-hybridized carbons (Fsp3) is 0.0909. The summed E-state index contributed by atoms with van der Waals surface area (Å²) in [6.07, 6.45) is 1.62. The molecule has 7 heteroatoms. The minimum atomic E-state index is -0.318. The van der Waals surface area contributed by atoms with Crippen LogP contribution >= 0.6 is 50.5 Å². The largest absolute Gasteiger partial charge is 0.306 e. The summed E-state index contributed by atoms with van der Waals surface area (Å²) >= 11 is 16.2. The highest BCUT2D eigenvalue weighted by molar-refractivity contribution is 9.10. The monoisotopic (exact) mass is 364 g/mol. The van der Waals surface area contributed by atoms with Crippen molar-refractivity contribution in [2.24, 2.45) is 0 Å². The topological polar surface area (TPSA) is 42.0 Å². The van der Waals surface area contributed by atoms with Gasteiger partial charge in [0.05, 0.1) is 9.90 Å². The second-order valence-corrected chi connectivity index (χ2v) is 6.71. The molecule has 0 saturated heterocycles. The van der Waals surface area contributed by atoms with E-state index in [-0.39, 0.29) is 5.91 Å². The standard InChI is InChI=1S/C11H7BrCl2N2OS/c1-5-2-6(12)4-15-10(5)16-11(17)7-3-8(13)18-9(7)14/h2-4H,1H3,(H,15,16,17). The number of thiophene rings is 1. The van der Waals surface area contributed by atoms with Crippen molar-refractivity contribution < 1.29 is 4.79 Å². The van der Waals surface area contributed by atoms with Gasteiger partial charge >= 0.3 is 0 Å². The van der Waals surface area contributed by atoms with Crippen molar-refractivity contribution in [3.05, 3.63) is 42.6 Å². The molecule has 0 aliphatic rings. The highest BCUT2D eigenvalue weighted by Gasteiger charge is 2.15. The summed E-state index contributed by atoms with van der Waals surface area (Å²) in [6, 6.07) is 3.41. The highest BCUT2D eigenvalue weighted by atomic mass is 79.9. The van der Waals surface area contributed by atoms with Gasteiger partial charge in [0.1, 0.15) is 10.2 Å². The van der Waals surface area contributed by atoms with Crippen molar-refractivity contribution in [2.75, 3.05) is 5.32 Å². The molecule has 0 fully saturated rings. The number of aromatic nitrogens is 1. The smallest absolute Gasteiger partial charge is 0.259 e. The third kappa shape index (κ3) is 3.03. The minimum absolute atomic E-state index is 0.318. The van der Waals surface area contributed by atoms with E-state index >= 15 is 0 Å². The average molecular weight is 366 g/mol. The molecule has 0 radical (unpaired) electrons. The summed E-state index contributed by atoms with van der Waals surface area (Å²) in [5.41, 5.74) is 1.21. The van der Waals surface area contributed by atoms with Crippen LogP contribution in [0.3, 0.4) is 0 Å². The number of anilines is 1. The van der Waals surface area contributed by atoms with Gasteiger partial charge in [-0.25, -0.2) is 4.98 Å². The van der Waals surface area contributed by atoms with E-state index in [2.05, 4.69) is 26.2 Å². The molecule has 94 valence electrons. The van der Waals surface area contributed by atoms with E-state index in [9.17, 15) is 4.79 Å². The molecular formula is C11H7BrCl2N2OS. The van der Waals surface area contributed by atoms with Crippen LogP contribution in [-0.2, 0) is 0 Å². The third-order valence-electron chi connectivity index (χ3n) is 2.18. The first-order valence-corrected chi connectivity index (χ1v) is 7.22. The molecule has 0 atom stereocenters. The quantitative estimate of drug-likeness (QED) is 0.832. The summed E-state index contributed by atoms with van der Waals surface area (Å²) in [4.78, 5) is 16.1. The third-order valence-corrected chi connectivity index (χ3v) is 4.10. The Morgan fingerprint density at radius 2 is 2.17 bits per heavy atom. The number of nitrogens with zero attached hydrogens (tertiary/aromatic N) is 1. The van der Waals surface area contributed by atoms with Crippen LogP contribution in [0.2, 0.25) is 8.67 Å². The zero-order chi connectivity index (χ0) is 13.3. The Bertz CT molecular complexity index is 615. The van der Waals surface area contributed by atoms with E-state index in [1.807, 2.05) is 13.0 Å². The molecular weight excluding hydrogens is 359 g/mol. The Hall–Kier alpha value is -0.620. The van der Waals surface area contributed by atoms with E-state index in [1.54, 1.807) is 6.20 Å². The maximum Gasteiger partial charge on any atom is 0.259 e. The van der Waals surface area contributed by atoms with Gasteiger partial charge in [-0.3, -0.25) is 4.79 Å². The molecule has 1 N–H and O–H groups in total. The lowest BCUT2D eigenvalue weighted by atomic mass is 10.2. The molecule has 2 rings (SSSR count). The number of carbonyl (C=O) groups excluding carboxylic acids is 1. The SMILES string of the molecule is Cc1cc(Br)cnc1NC(=O)c1cc(Cl)sc1Cl. The summed E-state index contributed by atoms with van der Waals surface area (Å²) in [6.45, 7) is 1.86. The van der Waals surface area contributed by atoms with Crippen LogP contribution in [0.25, 0.3) is 0 Å². The van der Waals surface area contributed by atoms with Crippen molar-refractivity contribution in [1.82, 2.24) is 4.98 Å². The highest BCUT2D eigenvalue weighted by Crippen LogP contribution is 2.31. The molecule has 0 saturated carbocycles. The Balaban J connectivity index is 2.24. The predicted molar refractivity (Wildman–Crippen MR) is 79.0 cm³/mol. The lowest BCUT2D eigenvalue weighted by Gasteiger charge is -2.06. The van der Waals surface area contributed by atoms with Gasteiger partial charge in [0.15, 0.2) is 0 Å². The Kier molecular flexibility index (Phi) is 4.27. The Morgan fingerprint density at radius 3 is 2.72 bits per heavy atom. The normalized spacial score (nSPS) is 10.4. The van der Waals surface area contributed by atoms with Crippen LogP contribution in [0.1, 0.15) is 15.9 Å². The summed E-state index contributed by atoms with van der Waals surface area (Å²) < 4.78 is 1.70. The Morgan fingerprint density at radius 1 is 1.44 bits per heavy atom. The summed E-state index contributed by atoms with van der Waals surface area (Å²) in [5.74, 6) is 0.183. The fourth-order valence-corrected chi connectivity index (χ4v) is 3.25. The number of rotatable bonds is 2. The van der Waals surface area contributed by atoms with Crippen LogP contribution in [-0.4, -0.2) is 10.9 Å². The van der Waals surface area contributed by atoms with Crippen molar-refractivity contribution in [3.63, 3.8) is 0 Å². The van der Waals surface area contributed by atoms with E-state index in [1.165, 1.54) is 6.07 Å². The van der Waals surface area contributed by atoms with Gasteiger partial charge in [-0.2, -0.15) is 0 Å². The first-order chi connectivity index (χ1) is 8.47. The lowest BCUT2D eigenvalue weighted by molar-refractivity contribution is 0.102. The number of pyridine rings is 1. The molecule has 2 heterocycles. The van der Waals surface area contributed by atoms with Crippen LogP contribution in [0.15, 0.2) is 22.8 Å². The first-order valence-electron chi connectivity index (χ1n) is 4.85. The predicted octanol–water partition coefficient (Wildman–Crippen LogP) is 4.77. The molecule has 0 unspecified atom stereocenters. The lowest BCUT2D eigenvalue weighted by Crippen LogP contribution is -2.13. The van der Waals surface area contributed by atoms with Gasteiger partial charge in [0, 0.05) is 10.7 Å². The van der Waals surface area contributed by atoms with E-state index in [4.69, 9.17) is 23.2 Å². The fourth-order valence-electron chi connectivity index (χ4n) is 1.34. The number of nitrogens with one attached hydrogen (secondary N) is 1. The molecule has 18 heavy (non-hydrogen) atoms. The van der Waals surface area contributed by atoms with Crippen molar-refractivity contribution in [2.45, 2.75) is 6.92 Å². The van der Waals surface area contributed by atoms with Gasteiger partial charge in [-0.05, 0) is 40.5 Å². The molecule has 0 aliphatic carbocycles. The van der Waals surface area contributed by atoms with Gasteiger partial charge in [-0.15, -0.1) is 11.3 Å². The van der Waals surface area contributed by atoms with Crippen LogP contribution in [0.4, 0.5) is 5.82 Å².